The second kappa shape index (κ2) is 5.77. The predicted molar refractivity (Wildman–Crippen MR) is 45.9 cm³/mol. The zero-order chi connectivity index (χ0) is 9.56. The van der Waals surface area contributed by atoms with E-state index in [-0.39, 0.29) is 6.61 Å². The van der Waals surface area contributed by atoms with Gasteiger partial charge in [-0.2, -0.15) is 0 Å². The second-order valence-electron chi connectivity index (χ2n) is 1.82. The first kappa shape index (κ1) is 11.2. The number of esters is 2. The Kier molecular flexibility index (Phi) is 5.36. The normalized spacial score (nSPS) is 11.5. The van der Waals surface area contributed by atoms with Gasteiger partial charge in [-0.05, 0) is 0 Å². The van der Waals surface area contributed by atoms with E-state index < -0.39 is 16.8 Å². The van der Waals surface area contributed by atoms with Gasteiger partial charge >= 0.3 is 11.9 Å². The summed E-state index contributed by atoms with van der Waals surface area (Å²) in [5, 5.41) is 0. The number of halogens is 1. The third kappa shape index (κ3) is 4.12. The highest BCUT2D eigenvalue weighted by Gasteiger charge is 2.16. The smallest absolute Gasteiger partial charge is 0.330 e. The molecule has 4 nitrogen and oxygen atoms in total. The van der Waals surface area contributed by atoms with Crippen LogP contribution in [0.5, 0.6) is 0 Å². The van der Waals surface area contributed by atoms with E-state index in [2.05, 4.69) is 32.0 Å². The third-order valence-corrected chi connectivity index (χ3v) is 1.63. The Morgan fingerprint density at radius 3 is 2.67 bits per heavy atom. The van der Waals surface area contributed by atoms with Crippen LogP contribution in [-0.4, -0.2) is 30.5 Å². The van der Waals surface area contributed by atoms with Crippen molar-refractivity contribution in [3.05, 3.63) is 12.7 Å². The van der Waals surface area contributed by atoms with Gasteiger partial charge in [0.2, 0.25) is 0 Å². The van der Waals surface area contributed by atoms with Gasteiger partial charge in [-0.15, -0.1) is 0 Å². The summed E-state index contributed by atoms with van der Waals surface area (Å²) in [7, 11) is 1.26. The molecular formula is C7H9BrO4. The summed E-state index contributed by atoms with van der Waals surface area (Å²) in [4.78, 5) is 20.6. The zero-order valence-corrected chi connectivity index (χ0v) is 8.17. The first-order valence-corrected chi connectivity index (χ1v) is 4.04. The topological polar surface area (TPSA) is 52.6 Å². The van der Waals surface area contributed by atoms with E-state index in [0.29, 0.717) is 0 Å². The van der Waals surface area contributed by atoms with Gasteiger partial charge in [0.1, 0.15) is 11.4 Å². The number of rotatable bonds is 4. The largest absolute Gasteiger partial charge is 0.468 e. The zero-order valence-electron chi connectivity index (χ0n) is 6.58. The number of ether oxygens (including phenoxy) is 2. The number of alkyl halides is 1. The highest BCUT2D eigenvalue weighted by Crippen LogP contribution is 2.02. The van der Waals surface area contributed by atoms with Crippen molar-refractivity contribution >= 4 is 27.9 Å². The lowest BCUT2D eigenvalue weighted by molar-refractivity contribution is -0.144. The molecule has 0 saturated heterocycles. The van der Waals surface area contributed by atoms with Crippen molar-refractivity contribution in [3.63, 3.8) is 0 Å². The van der Waals surface area contributed by atoms with E-state index in [9.17, 15) is 9.59 Å². The van der Waals surface area contributed by atoms with Crippen LogP contribution in [0.4, 0.5) is 0 Å². The molecule has 0 amide bonds. The van der Waals surface area contributed by atoms with Crippen LogP contribution >= 0.6 is 15.9 Å². The molecule has 0 spiro atoms. The fourth-order valence-electron chi connectivity index (χ4n) is 0.410. The minimum absolute atomic E-state index is 0.0580. The van der Waals surface area contributed by atoms with Gasteiger partial charge in [0.15, 0.2) is 0 Å². The van der Waals surface area contributed by atoms with E-state index in [1.165, 1.54) is 7.11 Å². The van der Waals surface area contributed by atoms with Crippen LogP contribution in [0.25, 0.3) is 0 Å². The molecule has 0 aromatic heterocycles. The molecule has 5 heteroatoms. The van der Waals surface area contributed by atoms with Crippen molar-refractivity contribution < 1.29 is 19.1 Å². The molecule has 0 aliphatic carbocycles. The van der Waals surface area contributed by atoms with Gasteiger partial charge in [-0.1, -0.05) is 22.5 Å². The third-order valence-electron chi connectivity index (χ3n) is 0.996. The summed E-state index contributed by atoms with van der Waals surface area (Å²) in [6.07, 6.45) is 1.02. The molecule has 0 rings (SSSR count). The molecule has 0 aromatic carbocycles. The maximum Gasteiger partial charge on any atom is 0.330 e. The van der Waals surface area contributed by atoms with Gasteiger partial charge in [0.05, 0.1) is 7.11 Å². The van der Waals surface area contributed by atoms with Crippen LogP contribution in [0.15, 0.2) is 12.7 Å². The fourth-order valence-corrected chi connectivity index (χ4v) is 0.729. The molecule has 0 fully saturated rings. The Morgan fingerprint density at radius 1 is 1.67 bits per heavy atom. The molecule has 0 aromatic rings. The Bertz CT molecular complexity index is 190. The lowest BCUT2D eigenvalue weighted by atomic mass is 10.4. The van der Waals surface area contributed by atoms with E-state index in [0.717, 1.165) is 6.08 Å². The standard InChI is InChI=1S/C7H9BrO4/c1-3-6(9)12-4-5(8)7(10)11-2/h3,5H,1,4H2,2H3. The number of hydrogen-bond acceptors (Lipinski definition) is 4. The summed E-state index contributed by atoms with van der Waals surface area (Å²) in [6, 6.07) is 0. The number of hydrogen-bond donors (Lipinski definition) is 0. The summed E-state index contributed by atoms with van der Waals surface area (Å²) < 4.78 is 8.95. The van der Waals surface area contributed by atoms with Gasteiger partial charge in [-0.25, -0.2) is 4.79 Å². The van der Waals surface area contributed by atoms with Crippen LogP contribution in [0, 0.1) is 0 Å². The fraction of sp³-hybridized carbons (Fsp3) is 0.429. The number of carbonyl (C=O) groups is 2. The average molecular weight is 237 g/mol. The van der Waals surface area contributed by atoms with E-state index >= 15 is 0 Å². The van der Waals surface area contributed by atoms with Crippen molar-refractivity contribution in [1.82, 2.24) is 0 Å². The van der Waals surface area contributed by atoms with Crippen molar-refractivity contribution in [2.24, 2.45) is 0 Å². The average Bonchev–Trinajstić information content (AvgIpc) is 2.11. The van der Waals surface area contributed by atoms with Crippen LogP contribution in [0.1, 0.15) is 0 Å². The molecule has 1 unspecified atom stereocenters. The molecule has 1 atom stereocenters. The van der Waals surface area contributed by atoms with Crippen LogP contribution < -0.4 is 0 Å². The highest BCUT2D eigenvalue weighted by molar-refractivity contribution is 9.10. The van der Waals surface area contributed by atoms with Gasteiger partial charge in [-0.3, -0.25) is 4.79 Å². The Morgan fingerprint density at radius 2 is 2.25 bits per heavy atom. The van der Waals surface area contributed by atoms with Crippen LogP contribution in [-0.2, 0) is 19.1 Å². The molecule has 0 saturated carbocycles. The predicted octanol–water partition coefficient (Wildman–Crippen LogP) is 0.652. The van der Waals surface area contributed by atoms with Gasteiger partial charge in [0, 0.05) is 6.08 Å². The minimum atomic E-state index is -0.619. The first-order chi connectivity index (χ1) is 5.61. The van der Waals surface area contributed by atoms with Crippen molar-refractivity contribution in [2.75, 3.05) is 13.7 Å². The summed E-state index contributed by atoms with van der Waals surface area (Å²) in [5.74, 6) is -1.05. The SMILES string of the molecule is C=CC(=O)OCC(Br)C(=O)OC. The van der Waals surface area contributed by atoms with Gasteiger partial charge < -0.3 is 9.47 Å². The maximum absolute atomic E-state index is 10.7. The number of carbonyl (C=O) groups excluding carboxylic acids is 2. The molecule has 0 N–H and O–H groups in total. The maximum atomic E-state index is 10.7. The van der Waals surface area contributed by atoms with Crippen molar-refractivity contribution in [3.8, 4) is 0 Å². The second-order valence-corrected chi connectivity index (χ2v) is 2.93. The van der Waals surface area contributed by atoms with E-state index in [1.54, 1.807) is 0 Å². The monoisotopic (exact) mass is 236 g/mol. The molecule has 0 aliphatic rings. The number of methoxy groups -OCH3 is 1. The summed E-state index contributed by atoms with van der Waals surface area (Å²) in [5.41, 5.74) is 0. The molecule has 0 bridgehead atoms. The first-order valence-electron chi connectivity index (χ1n) is 3.13. The summed E-state index contributed by atoms with van der Waals surface area (Å²) >= 11 is 2.98. The lowest BCUT2D eigenvalue weighted by Gasteiger charge is -2.06. The van der Waals surface area contributed by atoms with E-state index in [4.69, 9.17) is 0 Å². The van der Waals surface area contributed by atoms with Crippen molar-refractivity contribution in [1.29, 1.82) is 0 Å². The molecule has 12 heavy (non-hydrogen) atoms. The molecule has 0 aliphatic heterocycles. The Balaban J connectivity index is 3.70. The molecule has 0 radical (unpaired) electrons. The van der Waals surface area contributed by atoms with Crippen LogP contribution in [0.2, 0.25) is 0 Å². The Labute approximate surface area is 78.7 Å². The minimum Gasteiger partial charge on any atom is -0.468 e. The lowest BCUT2D eigenvalue weighted by Crippen LogP contribution is -2.22. The quantitative estimate of drug-likeness (QED) is 0.409. The molecular weight excluding hydrogens is 228 g/mol. The molecule has 68 valence electrons. The highest BCUT2D eigenvalue weighted by atomic mass is 79.9. The summed E-state index contributed by atoms with van der Waals surface area (Å²) in [6.45, 7) is 3.14. The van der Waals surface area contributed by atoms with Crippen molar-refractivity contribution in [2.45, 2.75) is 4.83 Å². The van der Waals surface area contributed by atoms with Crippen LogP contribution in [0.3, 0.4) is 0 Å². The molecule has 0 heterocycles. The Hall–Kier alpha value is -0.840. The van der Waals surface area contributed by atoms with Gasteiger partial charge in [0.25, 0.3) is 0 Å². The van der Waals surface area contributed by atoms with E-state index in [1.807, 2.05) is 0 Å².